The first-order valence-electron chi connectivity index (χ1n) is 34.4. The maximum Gasteiger partial charge on any atom is 0.317 e. The van der Waals surface area contributed by atoms with Crippen LogP contribution in [0.5, 0.6) is 0 Å². The molecule has 5 saturated heterocycles. The molecule has 5 aliphatic heterocycles. The summed E-state index contributed by atoms with van der Waals surface area (Å²) in [5, 5.41) is 196. The van der Waals surface area contributed by atoms with Crippen LogP contribution in [-0.4, -0.2) is 343 Å². The number of aliphatic hydroxyl groups excluding tert-OH is 17. The summed E-state index contributed by atoms with van der Waals surface area (Å²) in [6.07, 6.45) is -46.0. The number of aliphatic hydroxyl groups is 19. The Labute approximate surface area is 567 Å². The first kappa shape index (κ1) is 77.9. The van der Waals surface area contributed by atoms with E-state index >= 15 is 0 Å². The number of hydrogen-bond acceptors (Lipinski definition) is 34. The number of carboxylic acids is 1. The quantitative estimate of drug-likeness (QED) is 0.0207. The fourth-order valence-electron chi connectivity index (χ4n) is 15.4. The number of carbonyl (C=O) groups excluding carboxylic acids is 4. The predicted octanol–water partition coefficient (Wildman–Crippen LogP) is -7.73. The molecule has 36 heteroatoms. The number of carboxylic acid groups (broad SMARTS) is 1. The van der Waals surface area contributed by atoms with Gasteiger partial charge in [0.1, 0.15) is 143 Å². The van der Waals surface area contributed by atoms with E-state index in [2.05, 4.69) is 0 Å². The second kappa shape index (κ2) is 34.5. The Hall–Kier alpha value is -3.69. The summed E-state index contributed by atoms with van der Waals surface area (Å²) in [5.41, 5.74) is 0. The Bertz CT molecular complexity index is 2610. The van der Waals surface area contributed by atoms with Crippen LogP contribution in [0.4, 0.5) is 0 Å². The van der Waals surface area contributed by atoms with E-state index in [1.54, 1.807) is 0 Å². The van der Waals surface area contributed by atoms with Crippen molar-refractivity contribution in [3.05, 3.63) is 0 Å². The highest BCUT2D eigenvalue weighted by Gasteiger charge is 2.59. The maximum absolute atomic E-state index is 13.9. The number of rotatable bonds is 22. The van der Waals surface area contributed by atoms with Crippen LogP contribution < -0.4 is 0 Å². The summed E-state index contributed by atoms with van der Waals surface area (Å²) in [4.78, 5) is 62.9. The van der Waals surface area contributed by atoms with Crippen molar-refractivity contribution in [2.75, 3.05) is 26.4 Å². The van der Waals surface area contributed by atoms with Crippen LogP contribution in [0.15, 0.2) is 0 Å². The second-order valence-corrected chi connectivity index (χ2v) is 28.4. The summed E-state index contributed by atoms with van der Waals surface area (Å²) >= 11 is 0. The number of aliphatic carboxylic acids is 1. The molecule has 8 unspecified atom stereocenters. The van der Waals surface area contributed by atoms with Gasteiger partial charge in [-0.3, -0.25) is 24.0 Å². The largest absolute Gasteiger partial charge is 0.481 e. The molecule has 0 bridgehead atoms. The molecule has 10 aliphatic rings. The van der Waals surface area contributed by atoms with E-state index in [0.717, 1.165) is 0 Å². The maximum atomic E-state index is 13.9. The van der Waals surface area contributed by atoms with Gasteiger partial charge in [-0.05, 0) is 96.3 Å². The molecule has 566 valence electrons. The Morgan fingerprint density at radius 1 is 0.364 bits per heavy atom. The third-order valence-corrected chi connectivity index (χ3v) is 21.5. The average Bonchev–Trinajstić information content (AvgIpc) is 0.769. The Kier molecular flexibility index (Phi) is 27.1. The smallest absolute Gasteiger partial charge is 0.317 e. The molecule has 19 N–H and O–H groups in total. The van der Waals surface area contributed by atoms with Gasteiger partial charge in [0.15, 0.2) is 37.4 Å². The molecule has 0 amide bonds. The van der Waals surface area contributed by atoms with Crippen LogP contribution in [0, 0.1) is 29.6 Å². The highest BCUT2D eigenvalue weighted by Crippen LogP contribution is 2.45. The van der Waals surface area contributed by atoms with Crippen molar-refractivity contribution in [2.24, 2.45) is 29.6 Å². The number of carbonyl (C=O) groups is 5. The van der Waals surface area contributed by atoms with Gasteiger partial charge in [-0.25, -0.2) is 0 Å². The van der Waals surface area contributed by atoms with Gasteiger partial charge in [-0.15, -0.1) is 0 Å². The van der Waals surface area contributed by atoms with Gasteiger partial charge in [-0.2, -0.15) is 0 Å². The molecule has 0 aromatic heterocycles. The normalized spacial score (nSPS) is 47.6. The molecule has 0 radical (unpaired) electrons. The second-order valence-electron chi connectivity index (χ2n) is 28.4. The highest BCUT2D eigenvalue weighted by atomic mass is 16.8. The zero-order valence-electron chi connectivity index (χ0n) is 54.3. The number of hydrogen-bond donors (Lipinski definition) is 18. The van der Waals surface area contributed by atoms with Crippen LogP contribution in [0.3, 0.4) is 0 Å². The summed E-state index contributed by atoms with van der Waals surface area (Å²) in [6.45, 7) is -2.64. The van der Waals surface area contributed by atoms with Crippen molar-refractivity contribution < 1.29 is 177 Å². The van der Waals surface area contributed by atoms with E-state index in [1.165, 1.54) is 0 Å². The van der Waals surface area contributed by atoms with E-state index < -0.39 is 282 Å². The SMILES string of the molecule is O=C(O)CC(=O)OC[C@H]1O[C@@H](OC2CC3C(O)CC(O[C@@H]4O[C@H](COC(=O)C5CCC(O[C@@H]6O[C@H](COC(=O)C7CCC(O)CC7)[C@@H](O)[C@H](O)[C@H]6O)CC5)[C@@H](O)[C@H](O)[C@H]4O[C@@H]4O[C@H](COC(=O)C5CCC(O)CC5)[C@@H](O)[C@H](O)[C@H]4O)CC3[OH+]C2C2CC(O)C(O)C(O)C2)[C@H](O)[C@@H](O)[C@@H]1O. The van der Waals surface area contributed by atoms with Gasteiger partial charge < -0.3 is 153 Å². The first-order chi connectivity index (χ1) is 47.0. The van der Waals surface area contributed by atoms with Crippen molar-refractivity contribution in [2.45, 2.75) is 306 Å². The molecule has 99 heavy (non-hydrogen) atoms. The lowest BCUT2D eigenvalue weighted by atomic mass is 9.72. The molecule has 5 heterocycles. The molecule has 36 nitrogen and oxygen atoms in total. The number of ether oxygens (including phenoxy) is 13. The third kappa shape index (κ3) is 18.9. The van der Waals surface area contributed by atoms with E-state index in [4.69, 9.17) is 66.7 Å². The molecule has 0 spiro atoms. The first-order valence-corrected chi connectivity index (χ1v) is 34.4. The van der Waals surface area contributed by atoms with Crippen molar-refractivity contribution in [1.29, 1.82) is 0 Å². The summed E-state index contributed by atoms with van der Waals surface area (Å²) in [5.74, 6) is -8.17. The van der Waals surface area contributed by atoms with Crippen molar-refractivity contribution in [1.82, 2.24) is 0 Å². The van der Waals surface area contributed by atoms with Crippen LogP contribution in [0.2, 0.25) is 0 Å². The lowest BCUT2D eigenvalue weighted by Crippen LogP contribution is -2.65. The zero-order valence-corrected chi connectivity index (χ0v) is 54.3. The van der Waals surface area contributed by atoms with E-state index in [0.29, 0.717) is 51.4 Å². The Morgan fingerprint density at radius 2 is 0.758 bits per heavy atom. The molecular formula is C63H99O36+. The molecular weight excluding hydrogens is 1330 g/mol. The minimum Gasteiger partial charge on any atom is -0.481 e. The van der Waals surface area contributed by atoms with E-state index in [-0.39, 0.29) is 57.8 Å². The summed E-state index contributed by atoms with van der Waals surface area (Å²) < 4.78 is 75.4. The summed E-state index contributed by atoms with van der Waals surface area (Å²) in [6, 6.07) is 0. The van der Waals surface area contributed by atoms with Gasteiger partial charge in [-0.1, -0.05) is 0 Å². The van der Waals surface area contributed by atoms with E-state index in [9.17, 15) is 111 Å². The van der Waals surface area contributed by atoms with Crippen LogP contribution in [-0.2, 0) is 80.8 Å². The van der Waals surface area contributed by atoms with Crippen molar-refractivity contribution >= 4 is 29.8 Å². The van der Waals surface area contributed by atoms with Gasteiger partial charge in [0.25, 0.3) is 0 Å². The predicted molar refractivity (Wildman–Crippen MR) is 318 cm³/mol. The zero-order chi connectivity index (χ0) is 71.4. The Balaban J connectivity index is 0.813. The minimum absolute atomic E-state index is 0.0848. The van der Waals surface area contributed by atoms with Gasteiger partial charge in [0, 0.05) is 18.8 Å². The molecule has 0 aromatic carbocycles. The molecule has 10 rings (SSSR count). The molecule has 0 aromatic rings. The van der Waals surface area contributed by atoms with Gasteiger partial charge in [0.05, 0.1) is 66.4 Å². The number of fused-ring (bicyclic) bond motifs is 1. The fourth-order valence-corrected chi connectivity index (χ4v) is 15.4. The fraction of sp³-hybridized carbons (Fsp3) is 0.921. The van der Waals surface area contributed by atoms with Crippen LogP contribution >= 0.6 is 0 Å². The monoisotopic (exact) mass is 1430 g/mol. The van der Waals surface area contributed by atoms with Gasteiger partial charge >= 0.3 is 29.8 Å². The minimum atomic E-state index is -2.09. The van der Waals surface area contributed by atoms with Crippen LogP contribution in [0.25, 0.3) is 0 Å². The average molecular weight is 1430 g/mol. The molecule has 5 aliphatic carbocycles. The standard InChI is InChI=1S/C63H98O36/c64-27-7-1-23(2-8-27)57(84)88-20-38-45(74)48(77)52(81)60(95-38)91-29-11-5-25(6-12-29)59(86)90-22-40-47(76)51(80)56(99-62-54(83)50(79)46(75)39(97-62)21-89-58(85)24-3-9-28(65)10-4-24)63(98-40)92-30-15-32(66)31-17-36(55(93-35(31)16-30)26-13-33(67)43(72)34(68)14-26)94-61-53(82)49(78)44(73)37(96-61)19-87-42(71)18-41(69)70/h23-40,43-56,60-68,72-83H,1-22H2,(H,69,70)/p+1/t23?,24?,25?,26?,27?,28?,29?,30?,31?,32?,33?,34?,35?,36?,37-,38-,39-,40-,43?,44-,45-,46-,47-,48+,49+,50+,51+,52-,53-,54-,55?,56-,60-,61-,62+,63-/m1/s1. The van der Waals surface area contributed by atoms with Crippen molar-refractivity contribution in [3.8, 4) is 0 Å². The third-order valence-electron chi connectivity index (χ3n) is 21.5. The lowest BCUT2D eigenvalue weighted by Gasteiger charge is -2.50. The lowest BCUT2D eigenvalue weighted by molar-refractivity contribution is -0.380. The van der Waals surface area contributed by atoms with E-state index in [1.807, 2.05) is 0 Å². The highest BCUT2D eigenvalue weighted by molar-refractivity contribution is 5.90. The van der Waals surface area contributed by atoms with Crippen LogP contribution in [0.1, 0.15) is 116 Å². The number of esters is 4. The molecule has 5 saturated carbocycles. The van der Waals surface area contributed by atoms with Gasteiger partial charge in [0.2, 0.25) is 0 Å². The molecule has 10 fully saturated rings. The summed E-state index contributed by atoms with van der Waals surface area (Å²) in [7, 11) is 0. The topological polar surface area (TPSA) is 573 Å². The Morgan fingerprint density at radius 3 is 1.21 bits per heavy atom. The molecule has 28 atom stereocenters. The van der Waals surface area contributed by atoms with Crippen molar-refractivity contribution in [3.63, 3.8) is 0 Å².